The van der Waals surface area contributed by atoms with Crippen molar-refractivity contribution in [3.05, 3.63) is 24.3 Å². The SMILES string of the molecule is CCS(=O)(=O)c1ccc(N[C@@H]2CCC[C@H]2OC)cc1. The van der Waals surface area contributed by atoms with Crippen molar-refractivity contribution in [3.8, 4) is 0 Å². The summed E-state index contributed by atoms with van der Waals surface area (Å²) in [6.45, 7) is 1.66. The summed E-state index contributed by atoms with van der Waals surface area (Å²) >= 11 is 0. The summed E-state index contributed by atoms with van der Waals surface area (Å²) in [7, 11) is -1.37. The molecule has 0 aromatic heterocycles. The highest BCUT2D eigenvalue weighted by atomic mass is 32.2. The molecule has 5 heteroatoms. The molecular formula is C14H21NO3S. The van der Waals surface area contributed by atoms with Gasteiger partial charge in [-0.3, -0.25) is 0 Å². The zero-order chi connectivity index (χ0) is 13.9. The van der Waals surface area contributed by atoms with E-state index in [9.17, 15) is 8.42 Å². The summed E-state index contributed by atoms with van der Waals surface area (Å²) in [5.74, 6) is 0.133. The van der Waals surface area contributed by atoms with Crippen LogP contribution in [0.4, 0.5) is 5.69 Å². The van der Waals surface area contributed by atoms with Crippen LogP contribution in [0.2, 0.25) is 0 Å². The first kappa shape index (κ1) is 14.3. The van der Waals surface area contributed by atoms with Gasteiger partial charge in [-0.05, 0) is 43.5 Å². The highest BCUT2D eigenvalue weighted by Crippen LogP contribution is 2.25. The Labute approximate surface area is 115 Å². The maximum absolute atomic E-state index is 11.7. The minimum Gasteiger partial charge on any atom is -0.380 e. The van der Waals surface area contributed by atoms with E-state index in [1.807, 2.05) is 12.1 Å². The predicted molar refractivity (Wildman–Crippen MR) is 76.2 cm³/mol. The molecule has 1 saturated carbocycles. The number of hydrogen-bond acceptors (Lipinski definition) is 4. The third-order valence-corrected chi connectivity index (χ3v) is 5.45. The fourth-order valence-electron chi connectivity index (χ4n) is 2.51. The topological polar surface area (TPSA) is 55.4 Å². The molecule has 1 fully saturated rings. The average Bonchev–Trinajstić information content (AvgIpc) is 2.86. The summed E-state index contributed by atoms with van der Waals surface area (Å²) in [5, 5.41) is 3.42. The van der Waals surface area contributed by atoms with Gasteiger partial charge in [-0.1, -0.05) is 6.92 Å². The number of methoxy groups -OCH3 is 1. The molecule has 2 atom stereocenters. The molecular weight excluding hydrogens is 262 g/mol. The summed E-state index contributed by atoms with van der Waals surface area (Å²) in [4.78, 5) is 0.385. The summed E-state index contributed by atoms with van der Waals surface area (Å²) < 4.78 is 28.9. The maximum Gasteiger partial charge on any atom is 0.178 e. The fraction of sp³-hybridized carbons (Fsp3) is 0.571. The van der Waals surface area contributed by atoms with Crippen molar-refractivity contribution in [2.75, 3.05) is 18.2 Å². The number of ether oxygens (including phenoxy) is 1. The highest BCUT2D eigenvalue weighted by Gasteiger charge is 2.26. The number of rotatable bonds is 5. The lowest BCUT2D eigenvalue weighted by Crippen LogP contribution is -2.29. The molecule has 0 heterocycles. The van der Waals surface area contributed by atoms with Crippen LogP contribution in [0.15, 0.2) is 29.2 Å². The zero-order valence-electron chi connectivity index (χ0n) is 11.4. The summed E-state index contributed by atoms with van der Waals surface area (Å²) in [6, 6.07) is 7.30. The lowest BCUT2D eigenvalue weighted by molar-refractivity contribution is 0.101. The Morgan fingerprint density at radius 3 is 2.53 bits per heavy atom. The van der Waals surface area contributed by atoms with Gasteiger partial charge in [0.25, 0.3) is 0 Å². The molecule has 0 radical (unpaired) electrons. The lowest BCUT2D eigenvalue weighted by atomic mass is 10.2. The lowest BCUT2D eigenvalue weighted by Gasteiger charge is -2.20. The van der Waals surface area contributed by atoms with E-state index in [4.69, 9.17) is 4.74 Å². The Morgan fingerprint density at radius 1 is 1.26 bits per heavy atom. The van der Waals surface area contributed by atoms with Crippen LogP contribution in [0.25, 0.3) is 0 Å². The number of nitrogens with one attached hydrogen (secondary N) is 1. The Kier molecular flexibility index (Phi) is 4.47. The Hall–Kier alpha value is -1.07. The Morgan fingerprint density at radius 2 is 1.95 bits per heavy atom. The quantitative estimate of drug-likeness (QED) is 0.902. The van der Waals surface area contributed by atoms with E-state index in [0.29, 0.717) is 10.9 Å². The van der Waals surface area contributed by atoms with E-state index in [-0.39, 0.29) is 11.9 Å². The van der Waals surface area contributed by atoms with Gasteiger partial charge < -0.3 is 10.1 Å². The van der Waals surface area contributed by atoms with Crippen molar-refractivity contribution in [2.24, 2.45) is 0 Å². The van der Waals surface area contributed by atoms with Crippen LogP contribution >= 0.6 is 0 Å². The number of hydrogen-bond donors (Lipinski definition) is 1. The highest BCUT2D eigenvalue weighted by molar-refractivity contribution is 7.91. The van der Waals surface area contributed by atoms with Crippen molar-refractivity contribution in [2.45, 2.75) is 43.2 Å². The molecule has 0 aliphatic heterocycles. The molecule has 106 valence electrons. The van der Waals surface area contributed by atoms with E-state index >= 15 is 0 Å². The second kappa shape index (κ2) is 5.92. The summed E-state index contributed by atoms with van der Waals surface area (Å²) in [5.41, 5.74) is 0.948. The van der Waals surface area contributed by atoms with Crippen LogP contribution < -0.4 is 5.32 Å². The van der Waals surface area contributed by atoms with Gasteiger partial charge in [-0.15, -0.1) is 0 Å². The molecule has 1 aliphatic carbocycles. The molecule has 0 bridgehead atoms. The number of anilines is 1. The molecule has 1 aromatic rings. The van der Waals surface area contributed by atoms with Crippen LogP contribution in [-0.2, 0) is 14.6 Å². The van der Waals surface area contributed by atoms with Gasteiger partial charge in [-0.2, -0.15) is 0 Å². The molecule has 0 spiro atoms. The smallest absolute Gasteiger partial charge is 0.178 e. The largest absolute Gasteiger partial charge is 0.380 e. The van der Waals surface area contributed by atoms with E-state index in [1.165, 1.54) is 6.42 Å². The Bertz CT molecular complexity index is 510. The first-order valence-electron chi connectivity index (χ1n) is 6.69. The average molecular weight is 283 g/mol. The molecule has 1 N–H and O–H groups in total. The zero-order valence-corrected chi connectivity index (χ0v) is 12.2. The standard InChI is InChI=1S/C14H21NO3S/c1-3-19(16,17)12-9-7-11(8-10-12)15-13-5-4-6-14(13)18-2/h7-10,13-15H,3-6H2,1-2H3/t13-,14-/m1/s1. The third kappa shape index (κ3) is 3.28. The monoisotopic (exact) mass is 283 g/mol. The second-order valence-corrected chi connectivity index (χ2v) is 7.16. The maximum atomic E-state index is 11.7. The van der Waals surface area contributed by atoms with E-state index in [1.54, 1.807) is 26.2 Å². The van der Waals surface area contributed by atoms with Gasteiger partial charge in [0.05, 0.1) is 22.8 Å². The second-order valence-electron chi connectivity index (χ2n) is 4.88. The van der Waals surface area contributed by atoms with Gasteiger partial charge in [0.1, 0.15) is 0 Å². The van der Waals surface area contributed by atoms with Crippen molar-refractivity contribution >= 4 is 15.5 Å². The minimum absolute atomic E-state index is 0.133. The molecule has 0 saturated heterocycles. The van der Waals surface area contributed by atoms with Crippen molar-refractivity contribution in [1.82, 2.24) is 0 Å². The Balaban J connectivity index is 2.07. The molecule has 1 aromatic carbocycles. The van der Waals surface area contributed by atoms with Gasteiger partial charge in [0.2, 0.25) is 0 Å². The molecule has 0 unspecified atom stereocenters. The molecule has 4 nitrogen and oxygen atoms in total. The first-order chi connectivity index (χ1) is 9.06. The number of sulfone groups is 1. The van der Waals surface area contributed by atoms with Gasteiger partial charge in [-0.25, -0.2) is 8.42 Å². The fourth-order valence-corrected chi connectivity index (χ4v) is 3.40. The minimum atomic E-state index is -3.11. The molecule has 2 rings (SSSR count). The normalized spacial score (nSPS) is 23.5. The van der Waals surface area contributed by atoms with Crippen LogP contribution in [-0.4, -0.2) is 33.4 Å². The first-order valence-corrected chi connectivity index (χ1v) is 8.34. The van der Waals surface area contributed by atoms with Crippen molar-refractivity contribution in [3.63, 3.8) is 0 Å². The van der Waals surface area contributed by atoms with E-state index in [0.717, 1.165) is 18.5 Å². The van der Waals surface area contributed by atoms with Crippen molar-refractivity contribution < 1.29 is 13.2 Å². The molecule has 1 aliphatic rings. The van der Waals surface area contributed by atoms with Crippen LogP contribution in [0.3, 0.4) is 0 Å². The predicted octanol–water partition coefficient (Wildman–Crippen LogP) is 2.46. The van der Waals surface area contributed by atoms with Gasteiger partial charge >= 0.3 is 0 Å². The molecule has 19 heavy (non-hydrogen) atoms. The summed E-state index contributed by atoms with van der Waals surface area (Å²) in [6.07, 6.45) is 3.58. The van der Waals surface area contributed by atoms with Gasteiger partial charge in [0.15, 0.2) is 9.84 Å². The van der Waals surface area contributed by atoms with Crippen LogP contribution in [0.1, 0.15) is 26.2 Å². The van der Waals surface area contributed by atoms with Crippen LogP contribution in [0.5, 0.6) is 0 Å². The van der Waals surface area contributed by atoms with Crippen LogP contribution in [0, 0.1) is 0 Å². The third-order valence-electron chi connectivity index (χ3n) is 3.70. The number of benzene rings is 1. The van der Waals surface area contributed by atoms with Crippen molar-refractivity contribution in [1.29, 1.82) is 0 Å². The van der Waals surface area contributed by atoms with E-state index in [2.05, 4.69) is 5.32 Å². The van der Waals surface area contributed by atoms with Gasteiger partial charge in [0, 0.05) is 12.8 Å². The molecule has 0 amide bonds. The van der Waals surface area contributed by atoms with E-state index < -0.39 is 9.84 Å².